The monoisotopic (exact) mass is 1070 g/mol. The molecular formula is C51H30Cl4F4O13. The number of para-hydroxylation sites is 2. The van der Waals surface area contributed by atoms with Crippen molar-refractivity contribution in [2.24, 2.45) is 0 Å². The van der Waals surface area contributed by atoms with E-state index in [9.17, 15) is 65.5 Å². The second-order valence-corrected chi connectivity index (χ2v) is 15.8. The minimum Gasteiger partial charge on any atom is -0.453 e. The van der Waals surface area contributed by atoms with Crippen LogP contribution < -0.4 is 9.47 Å². The maximum absolute atomic E-state index is 12.1. The van der Waals surface area contributed by atoms with Gasteiger partial charge in [0.05, 0.1) is 6.61 Å². The lowest BCUT2D eigenvalue weighted by Gasteiger charge is -2.13. The van der Waals surface area contributed by atoms with Crippen molar-refractivity contribution in [3.05, 3.63) is 205 Å². The molecule has 0 saturated heterocycles. The number of hydrogen-bond acceptors (Lipinski definition) is 13. The summed E-state index contributed by atoms with van der Waals surface area (Å²) in [5.74, 6) is -14.9. The van der Waals surface area contributed by atoms with E-state index >= 15 is 0 Å². The number of rotatable bonds is 6. The van der Waals surface area contributed by atoms with Gasteiger partial charge in [-0.15, -0.1) is 0 Å². The number of aliphatic hydroxyl groups is 1. The lowest BCUT2D eigenvalue weighted by molar-refractivity contribution is -0.120. The van der Waals surface area contributed by atoms with Crippen LogP contribution in [0.3, 0.4) is 0 Å². The van der Waals surface area contributed by atoms with Gasteiger partial charge >= 0.3 is 0 Å². The Morgan fingerprint density at radius 1 is 0.403 bits per heavy atom. The van der Waals surface area contributed by atoms with Crippen molar-refractivity contribution in [3.8, 4) is 11.5 Å². The Hall–Kier alpha value is -7.80. The van der Waals surface area contributed by atoms with Gasteiger partial charge in [-0.1, -0.05) is 113 Å². The number of halogens is 8. The first-order chi connectivity index (χ1) is 34.0. The van der Waals surface area contributed by atoms with Gasteiger partial charge in [0.25, 0.3) is 11.6 Å². The largest absolute Gasteiger partial charge is 0.453 e. The van der Waals surface area contributed by atoms with Gasteiger partial charge in [-0.05, 0) is 68.0 Å². The third-order valence-electron chi connectivity index (χ3n) is 9.21. The fourth-order valence-corrected chi connectivity index (χ4v) is 6.25. The second-order valence-electron chi connectivity index (χ2n) is 14.3. The second kappa shape index (κ2) is 25.9. The third-order valence-corrected chi connectivity index (χ3v) is 10.8. The minimum atomic E-state index is -2.20. The summed E-state index contributed by atoms with van der Waals surface area (Å²) in [4.78, 5) is 111. The van der Waals surface area contributed by atoms with Crippen LogP contribution in [0.25, 0.3) is 5.57 Å². The molecule has 0 amide bonds. The molecule has 0 radical (unpaired) electrons. The van der Waals surface area contributed by atoms with E-state index in [1.165, 1.54) is 24.3 Å². The summed E-state index contributed by atoms with van der Waals surface area (Å²) in [5, 5.41) is 7.30. The highest BCUT2D eigenvalue weighted by molar-refractivity contribution is 6.69. The Morgan fingerprint density at radius 2 is 0.736 bits per heavy atom. The average Bonchev–Trinajstić information content (AvgIpc) is 3.38. The number of ketones is 10. The van der Waals surface area contributed by atoms with Crippen LogP contribution in [0.15, 0.2) is 199 Å². The van der Waals surface area contributed by atoms with Crippen LogP contribution in [0.4, 0.5) is 17.6 Å². The number of aliphatic hydroxyl groups excluding tert-OH is 1. The molecule has 0 heterocycles. The smallest absolute Gasteiger partial charge is 0.256 e. The van der Waals surface area contributed by atoms with E-state index in [2.05, 4.69) is 0 Å². The van der Waals surface area contributed by atoms with Crippen LogP contribution in [0.2, 0.25) is 0 Å². The van der Waals surface area contributed by atoms with Crippen LogP contribution in [-0.4, -0.2) is 69.5 Å². The van der Waals surface area contributed by atoms with Crippen molar-refractivity contribution in [2.75, 3.05) is 6.61 Å². The summed E-state index contributed by atoms with van der Waals surface area (Å²) in [7, 11) is 0. The number of Topliss-reactive ketones (excluding diaryl/α,β-unsaturated/α-hetero) is 4. The first-order valence-electron chi connectivity index (χ1n) is 20.0. The predicted octanol–water partition coefficient (Wildman–Crippen LogP) is 9.19. The summed E-state index contributed by atoms with van der Waals surface area (Å²) < 4.78 is 59.4. The summed E-state index contributed by atoms with van der Waals surface area (Å²) in [6.07, 6.45) is 7.52. The normalized spacial score (nSPS) is 16.9. The maximum atomic E-state index is 12.1. The summed E-state index contributed by atoms with van der Waals surface area (Å²) in [6, 6.07) is 26.6. The van der Waals surface area contributed by atoms with Crippen molar-refractivity contribution >= 4 is 110 Å². The Bertz CT molecular complexity index is 2870. The lowest BCUT2D eigenvalue weighted by Crippen LogP contribution is -2.19. The molecule has 0 unspecified atom stereocenters. The minimum absolute atomic E-state index is 0.0170. The van der Waals surface area contributed by atoms with Crippen molar-refractivity contribution in [2.45, 2.75) is 13.8 Å². The quantitative estimate of drug-likeness (QED) is 0.181. The molecule has 0 saturated carbocycles. The number of allylic oxidation sites excluding steroid dienone is 17. The summed E-state index contributed by atoms with van der Waals surface area (Å²) in [5.41, 5.74) is 2.28. The fraction of sp³-hybridized carbons (Fsp3) is 0.0588. The van der Waals surface area contributed by atoms with Crippen LogP contribution >= 0.6 is 46.4 Å². The molecule has 72 heavy (non-hydrogen) atoms. The summed E-state index contributed by atoms with van der Waals surface area (Å²) in [6.45, 7) is 2.88. The predicted molar refractivity (Wildman–Crippen MR) is 253 cm³/mol. The van der Waals surface area contributed by atoms with Gasteiger partial charge in [-0.3, -0.25) is 47.9 Å². The van der Waals surface area contributed by atoms with E-state index in [1.54, 1.807) is 86.6 Å². The van der Waals surface area contributed by atoms with Crippen LogP contribution in [0.5, 0.6) is 11.5 Å². The van der Waals surface area contributed by atoms with Gasteiger partial charge in [0.2, 0.25) is 46.4 Å². The van der Waals surface area contributed by atoms with Crippen LogP contribution in [0.1, 0.15) is 19.4 Å². The van der Waals surface area contributed by atoms with E-state index in [0.717, 1.165) is 12.2 Å². The molecule has 8 rings (SSSR count). The Kier molecular flexibility index (Phi) is 20.4. The van der Waals surface area contributed by atoms with Gasteiger partial charge < -0.3 is 14.6 Å². The summed E-state index contributed by atoms with van der Waals surface area (Å²) >= 11 is 21.5. The lowest BCUT2D eigenvalue weighted by atomic mass is 9.92. The fourth-order valence-electron chi connectivity index (χ4n) is 5.43. The molecule has 0 spiro atoms. The molecule has 5 aliphatic rings. The van der Waals surface area contributed by atoms with Crippen molar-refractivity contribution in [1.82, 2.24) is 0 Å². The van der Waals surface area contributed by atoms with Gasteiger partial charge in [0.15, 0.2) is 34.7 Å². The third kappa shape index (κ3) is 14.6. The van der Waals surface area contributed by atoms with E-state index < -0.39 is 84.7 Å². The van der Waals surface area contributed by atoms with Gasteiger partial charge in [0, 0.05) is 34.4 Å². The van der Waals surface area contributed by atoms with E-state index in [4.69, 9.17) is 61.0 Å². The number of ether oxygens (including phenoxy) is 2. The van der Waals surface area contributed by atoms with Gasteiger partial charge in [-0.2, -0.15) is 17.6 Å². The Balaban J connectivity index is 0.000000202. The van der Waals surface area contributed by atoms with Crippen LogP contribution in [0, 0.1) is 0 Å². The Labute approximate surface area is 424 Å². The number of carbonyl (C=O) groups excluding carboxylic acids is 10. The van der Waals surface area contributed by atoms with Crippen molar-refractivity contribution in [3.63, 3.8) is 0 Å². The molecule has 3 aromatic carbocycles. The topological polar surface area (TPSA) is 209 Å². The van der Waals surface area contributed by atoms with Crippen LogP contribution in [-0.2, 0) is 47.9 Å². The SMILES string of the molecule is CC1=CC(=O)C(C)=CC1=O.O=C1C(Cl)=C(Cl)C(=O)C(Cl)=C1Cl.O=C1C(F)=C(F)C(=O)C(F)=C1F.O=C1C=C(Oc2ccccc2)C(=O)C=C1Oc1ccccc1.O=C1C=C(c2ccccc2)C(=O)C=C1CO. The molecule has 368 valence electrons. The zero-order valence-corrected chi connectivity index (χ0v) is 39.7. The first kappa shape index (κ1) is 56.8. The zero-order valence-electron chi connectivity index (χ0n) is 36.7. The highest BCUT2D eigenvalue weighted by Crippen LogP contribution is 2.33. The molecule has 0 fully saturated rings. The molecule has 0 aromatic heterocycles. The van der Waals surface area contributed by atoms with Gasteiger partial charge in [-0.25, -0.2) is 0 Å². The molecule has 21 heteroatoms. The zero-order chi connectivity index (χ0) is 53.6. The highest BCUT2D eigenvalue weighted by atomic mass is 35.5. The highest BCUT2D eigenvalue weighted by Gasteiger charge is 2.37. The number of hydrogen-bond donors (Lipinski definition) is 1. The molecule has 0 atom stereocenters. The van der Waals surface area contributed by atoms with E-state index in [1.807, 2.05) is 18.2 Å². The van der Waals surface area contributed by atoms with E-state index in [0.29, 0.717) is 33.8 Å². The number of carbonyl (C=O) groups is 10. The van der Waals surface area contributed by atoms with Gasteiger partial charge in [0.1, 0.15) is 31.6 Å². The molecule has 1 N–H and O–H groups in total. The average molecular weight is 1070 g/mol. The first-order valence-corrected chi connectivity index (χ1v) is 21.5. The Morgan fingerprint density at radius 3 is 1.07 bits per heavy atom. The molecule has 0 aliphatic heterocycles. The van der Waals surface area contributed by atoms with Crippen molar-refractivity contribution in [1.29, 1.82) is 0 Å². The molecule has 0 bridgehead atoms. The number of benzene rings is 3. The maximum Gasteiger partial charge on any atom is 0.256 e. The molecule has 13 nitrogen and oxygen atoms in total. The standard InChI is InChI=1S/C18H12O4.C13H10O3.C8H8O2.C6Cl4O2.C6F4O2/c19-15-12-18(22-14-9-5-2-6-10-14)16(20)11-17(15)21-13-7-3-1-4-8-13;14-8-10-6-13(16)11(7-12(10)15)9-4-2-1-3-5-9;1-5-3-8(10)6(2)4-7(5)9;2*7-1-2(8)6(12)4(10)3(9)5(1)11/h1-12H;1-7,14H,8H2;3-4H,1-2H3;;. The van der Waals surface area contributed by atoms with Crippen molar-refractivity contribution < 1.29 is 80.1 Å². The molecule has 3 aromatic rings. The molecular weight excluding hydrogens is 1040 g/mol. The van der Waals surface area contributed by atoms with E-state index in [-0.39, 0.29) is 40.2 Å². The molecule has 5 aliphatic carbocycles.